The number of rotatable bonds is 6. The average molecular weight is 389 g/mol. The van der Waals surface area contributed by atoms with E-state index in [0.717, 1.165) is 24.8 Å². The number of methoxy groups -OCH3 is 1. The molecule has 1 aliphatic carbocycles. The summed E-state index contributed by atoms with van der Waals surface area (Å²) >= 11 is 0. The minimum Gasteiger partial charge on any atom is -0.434 e. The average Bonchev–Trinajstić information content (AvgIpc) is 3.31. The summed E-state index contributed by atoms with van der Waals surface area (Å²) in [5.41, 5.74) is 2.33. The van der Waals surface area contributed by atoms with Crippen molar-refractivity contribution in [1.82, 2.24) is 19.6 Å². The SMILES string of the molecule is CO[C@@H]1CC[C@H](Nc2nnc(-c3ccc(C)cc3OC(F)F)c3cncn23)C1. The number of anilines is 1. The Morgan fingerprint density at radius 3 is 2.86 bits per heavy atom. The molecule has 4 rings (SSSR count). The summed E-state index contributed by atoms with van der Waals surface area (Å²) in [6.07, 6.45) is 6.35. The van der Waals surface area contributed by atoms with Gasteiger partial charge in [-0.3, -0.25) is 4.40 Å². The van der Waals surface area contributed by atoms with Gasteiger partial charge in [-0.15, -0.1) is 10.2 Å². The molecule has 3 aromatic rings. The van der Waals surface area contributed by atoms with Crippen LogP contribution in [0.5, 0.6) is 5.75 Å². The number of imidazole rings is 1. The molecule has 9 heteroatoms. The second-order valence-corrected chi connectivity index (χ2v) is 6.91. The lowest BCUT2D eigenvalue weighted by atomic mass is 10.1. The van der Waals surface area contributed by atoms with Crippen LogP contribution in [0.1, 0.15) is 24.8 Å². The molecule has 28 heavy (non-hydrogen) atoms. The van der Waals surface area contributed by atoms with Gasteiger partial charge in [-0.05, 0) is 43.9 Å². The maximum Gasteiger partial charge on any atom is 0.387 e. The molecule has 0 saturated heterocycles. The van der Waals surface area contributed by atoms with Gasteiger partial charge in [0.15, 0.2) is 0 Å². The van der Waals surface area contributed by atoms with Gasteiger partial charge < -0.3 is 14.8 Å². The number of nitrogens with zero attached hydrogens (tertiary/aromatic N) is 4. The molecule has 0 bridgehead atoms. The molecule has 2 heterocycles. The third-order valence-electron chi connectivity index (χ3n) is 5.01. The minimum atomic E-state index is -2.92. The Balaban J connectivity index is 1.70. The highest BCUT2D eigenvalue weighted by Crippen LogP contribution is 2.34. The Morgan fingerprint density at radius 2 is 2.11 bits per heavy atom. The van der Waals surface area contributed by atoms with Crippen LogP contribution >= 0.6 is 0 Å². The zero-order chi connectivity index (χ0) is 19.7. The Bertz CT molecular complexity index is 978. The van der Waals surface area contributed by atoms with Crippen molar-refractivity contribution in [2.75, 3.05) is 12.4 Å². The third kappa shape index (κ3) is 3.62. The van der Waals surface area contributed by atoms with Crippen molar-refractivity contribution in [1.29, 1.82) is 0 Å². The fraction of sp³-hybridized carbons (Fsp3) is 0.421. The van der Waals surface area contributed by atoms with Gasteiger partial charge in [0.25, 0.3) is 0 Å². The van der Waals surface area contributed by atoms with Gasteiger partial charge in [0.2, 0.25) is 5.95 Å². The molecule has 0 radical (unpaired) electrons. The zero-order valence-corrected chi connectivity index (χ0v) is 15.6. The van der Waals surface area contributed by atoms with Crippen LogP contribution in [0.25, 0.3) is 16.8 Å². The lowest BCUT2D eigenvalue weighted by Crippen LogP contribution is -2.20. The molecular weight excluding hydrogens is 368 g/mol. The first-order chi connectivity index (χ1) is 13.5. The number of fused-ring (bicyclic) bond motifs is 1. The highest BCUT2D eigenvalue weighted by Gasteiger charge is 2.26. The van der Waals surface area contributed by atoms with Crippen LogP contribution in [0.15, 0.2) is 30.7 Å². The number of hydrogen-bond donors (Lipinski definition) is 1. The Labute approximate surface area is 160 Å². The van der Waals surface area contributed by atoms with Crippen LogP contribution < -0.4 is 10.1 Å². The molecule has 2 atom stereocenters. The lowest BCUT2D eigenvalue weighted by Gasteiger charge is -2.16. The molecule has 1 fully saturated rings. The van der Waals surface area contributed by atoms with E-state index in [4.69, 9.17) is 9.47 Å². The van der Waals surface area contributed by atoms with Gasteiger partial charge in [0.1, 0.15) is 17.8 Å². The molecule has 1 N–H and O–H groups in total. The van der Waals surface area contributed by atoms with Crippen LogP contribution in [0, 0.1) is 6.92 Å². The number of alkyl halides is 2. The van der Waals surface area contributed by atoms with E-state index in [9.17, 15) is 8.78 Å². The maximum absolute atomic E-state index is 12.9. The molecule has 0 amide bonds. The van der Waals surface area contributed by atoms with Crippen molar-refractivity contribution in [3.63, 3.8) is 0 Å². The van der Waals surface area contributed by atoms with E-state index < -0.39 is 6.61 Å². The topological polar surface area (TPSA) is 73.6 Å². The smallest absolute Gasteiger partial charge is 0.387 e. The summed E-state index contributed by atoms with van der Waals surface area (Å²) in [6.45, 7) is -1.11. The predicted octanol–water partition coefficient (Wildman–Crippen LogP) is 3.68. The first-order valence-electron chi connectivity index (χ1n) is 9.09. The fourth-order valence-electron chi connectivity index (χ4n) is 3.61. The van der Waals surface area contributed by atoms with Crippen LogP contribution in [-0.2, 0) is 4.74 Å². The Morgan fingerprint density at radius 1 is 1.25 bits per heavy atom. The molecule has 1 aromatic carbocycles. The molecule has 2 aromatic heterocycles. The molecule has 0 unspecified atom stereocenters. The first-order valence-corrected chi connectivity index (χ1v) is 9.09. The van der Waals surface area contributed by atoms with Crippen LogP contribution in [0.2, 0.25) is 0 Å². The van der Waals surface area contributed by atoms with E-state index >= 15 is 0 Å². The summed E-state index contributed by atoms with van der Waals surface area (Å²) in [5, 5.41) is 12.0. The summed E-state index contributed by atoms with van der Waals surface area (Å²) in [7, 11) is 1.72. The quantitative estimate of drug-likeness (QED) is 0.693. The number of aryl methyl sites for hydroxylation is 1. The number of hydrogen-bond acceptors (Lipinski definition) is 6. The first kappa shape index (κ1) is 18.5. The summed E-state index contributed by atoms with van der Waals surface area (Å²) in [5.74, 6) is 0.619. The van der Waals surface area contributed by atoms with Crippen LogP contribution in [0.4, 0.5) is 14.7 Å². The lowest BCUT2D eigenvalue weighted by molar-refractivity contribution is -0.0494. The summed E-state index contributed by atoms with van der Waals surface area (Å²) in [4.78, 5) is 4.19. The van der Waals surface area contributed by atoms with Crippen molar-refractivity contribution < 1.29 is 18.3 Å². The van der Waals surface area contributed by atoms with E-state index in [-0.39, 0.29) is 17.9 Å². The molecule has 1 aliphatic rings. The number of nitrogens with one attached hydrogen (secondary N) is 1. The van der Waals surface area contributed by atoms with E-state index in [0.29, 0.717) is 22.7 Å². The van der Waals surface area contributed by atoms with Gasteiger partial charge in [-0.1, -0.05) is 6.07 Å². The number of benzene rings is 1. The van der Waals surface area contributed by atoms with Gasteiger partial charge in [-0.25, -0.2) is 4.98 Å². The van der Waals surface area contributed by atoms with Gasteiger partial charge >= 0.3 is 6.61 Å². The molecule has 148 valence electrons. The Hall–Kier alpha value is -2.81. The van der Waals surface area contributed by atoms with Crippen molar-refractivity contribution >= 4 is 11.5 Å². The molecular formula is C19H21F2N5O2. The van der Waals surface area contributed by atoms with Gasteiger partial charge in [-0.2, -0.15) is 8.78 Å². The molecule has 0 spiro atoms. The van der Waals surface area contributed by atoms with E-state index in [1.807, 2.05) is 13.0 Å². The maximum atomic E-state index is 12.9. The van der Waals surface area contributed by atoms with Gasteiger partial charge in [0, 0.05) is 18.7 Å². The van der Waals surface area contributed by atoms with E-state index in [1.54, 1.807) is 36.2 Å². The number of ether oxygens (including phenoxy) is 2. The highest BCUT2D eigenvalue weighted by atomic mass is 19.3. The zero-order valence-electron chi connectivity index (χ0n) is 15.6. The fourth-order valence-corrected chi connectivity index (χ4v) is 3.61. The summed E-state index contributed by atoms with van der Waals surface area (Å²) in [6, 6.07) is 5.31. The largest absolute Gasteiger partial charge is 0.434 e. The van der Waals surface area contributed by atoms with Crippen molar-refractivity contribution in [2.45, 2.75) is 44.9 Å². The van der Waals surface area contributed by atoms with E-state index in [2.05, 4.69) is 20.5 Å². The van der Waals surface area contributed by atoms with Crippen molar-refractivity contribution in [3.05, 3.63) is 36.3 Å². The predicted molar refractivity (Wildman–Crippen MR) is 99.6 cm³/mol. The van der Waals surface area contributed by atoms with E-state index in [1.165, 1.54) is 0 Å². The van der Waals surface area contributed by atoms with Crippen LogP contribution in [0.3, 0.4) is 0 Å². The monoisotopic (exact) mass is 389 g/mol. The van der Waals surface area contributed by atoms with Crippen molar-refractivity contribution in [2.24, 2.45) is 0 Å². The van der Waals surface area contributed by atoms with Crippen LogP contribution in [-0.4, -0.2) is 45.4 Å². The molecule has 0 aliphatic heterocycles. The molecule has 1 saturated carbocycles. The standard InChI is InChI=1S/C19H21F2N5O2/c1-11-3-6-14(16(7-11)28-18(20)21)17-15-9-22-10-26(15)19(25-24-17)23-12-4-5-13(8-12)27-2/h3,6-7,9-10,12-13,18H,4-5,8H2,1-2H3,(H,23,25)/t12-,13+/m0/s1. The normalized spacial score (nSPS) is 19.5. The highest BCUT2D eigenvalue weighted by molar-refractivity contribution is 5.81. The second kappa shape index (κ2) is 7.67. The summed E-state index contributed by atoms with van der Waals surface area (Å²) < 4.78 is 37.6. The third-order valence-corrected chi connectivity index (χ3v) is 5.01. The van der Waals surface area contributed by atoms with Crippen molar-refractivity contribution in [3.8, 4) is 17.0 Å². The number of halogens is 2. The molecule has 7 nitrogen and oxygen atoms in total. The van der Waals surface area contributed by atoms with Gasteiger partial charge in [0.05, 0.1) is 17.8 Å². The number of aromatic nitrogens is 4. The second-order valence-electron chi connectivity index (χ2n) is 6.91. The Kier molecular flexibility index (Phi) is 5.08. The minimum absolute atomic E-state index is 0.0619.